The number of nitrogens with zero attached hydrogens (tertiary/aromatic N) is 1. The van der Waals surface area contributed by atoms with E-state index < -0.39 is 24.1 Å². The monoisotopic (exact) mass is 272 g/mol. The van der Waals surface area contributed by atoms with Crippen molar-refractivity contribution in [3.63, 3.8) is 0 Å². The lowest BCUT2D eigenvalue weighted by atomic mass is 9.98. The van der Waals surface area contributed by atoms with Crippen molar-refractivity contribution >= 4 is 12.0 Å². The van der Waals surface area contributed by atoms with Gasteiger partial charge in [-0.15, -0.1) is 0 Å². The van der Waals surface area contributed by atoms with Gasteiger partial charge in [0.2, 0.25) is 0 Å². The summed E-state index contributed by atoms with van der Waals surface area (Å²) in [6.07, 6.45) is 3.01. The maximum Gasteiger partial charge on any atom is 0.328 e. The Morgan fingerprint density at radius 2 is 2.05 bits per heavy atom. The van der Waals surface area contributed by atoms with Gasteiger partial charge in [-0.25, -0.2) is 9.59 Å². The molecule has 0 aromatic heterocycles. The normalized spacial score (nSPS) is 23.3. The number of rotatable bonds is 4. The van der Waals surface area contributed by atoms with E-state index in [0.717, 1.165) is 25.7 Å². The van der Waals surface area contributed by atoms with Gasteiger partial charge in [0.15, 0.2) is 6.04 Å². The first-order chi connectivity index (χ1) is 8.95. The Hall–Kier alpha value is -1.30. The fraction of sp³-hybridized carbons (Fsp3) is 0.846. The van der Waals surface area contributed by atoms with Crippen molar-refractivity contribution in [2.24, 2.45) is 5.92 Å². The largest absolute Gasteiger partial charge is 0.480 e. The molecule has 0 radical (unpaired) electrons. The number of aliphatic hydroxyl groups is 1. The lowest BCUT2D eigenvalue weighted by Gasteiger charge is -2.24. The number of carbonyl (C=O) groups excluding carboxylic acids is 1. The van der Waals surface area contributed by atoms with E-state index in [-0.39, 0.29) is 0 Å². The fourth-order valence-corrected chi connectivity index (χ4v) is 2.39. The Morgan fingerprint density at radius 1 is 1.37 bits per heavy atom. The molecule has 3 atom stereocenters. The van der Waals surface area contributed by atoms with Crippen LogP contribution in [0.1, 0.15) is 39.5 Å². The average molecular weight is 272 g/mol. The van der Waals surface area contributed by atoms with Crippen LogP contribution in [0.2, 0.25) is 0 Å². The van der Waals surface area contributed by atoms with Crippen LogP contribution >= 0.6 is 0 Å². The molecule has 0 aliphatic carbocycles. The molecule has 1 heterocycles. The van der Waals surface area contributed by atoms with E-state index in [1.807, 2.05) is 0 Å². The molecule has 0 saturated carbocycles. The van der Waals surface area contributed by atoms with Crippen LogP contribution in [0.5, 0.6) is 0 Å². The molecule has 1 saturated heterocycles. The van der Waals surface area contributed by atoms with Crippen LogP contribution in [0.4, 0.5) is 4.79 Å². The lowest BCUT2D eigenvalue weighted by molar-refractivity contribution is -0.141. The standard InChI is InChI=1S/C13H24N2O4/c1-3-10-5-4-7-15(8-6-10)13(19)14-11(9(2)16)12(17)18/h9-11,16H,3-8H2,1-2H3,(H,14,19)(H,17,18)/t9-,10?,11+/m1/s1. The molecular formula is C13H24N2O4. The van der Waals surface area contributed by atoms with Gasteiger partial charge in [-0.3, -0.25) is 0 Å². The van der Waals surface area contributed by atoms with E-state index in [9.17, 15) is 14.7 Å². The summed E-state index contributed by atoms with van der Waals surface area (Å²) in [6, 6.07) is -1.65. The minimum absolute atomic E-state index is 0.398. The van der Waals surface area contributed by atoms with E-state index in [1.54, 1.807) is 4.90 Å². The van der Waals surface area contributed by atoms with Crippen LogP contribution in [0, 0.1) is 5.92 Å². The molecule has 1 fully saturated rings. The number of amides is 2. The van der Waals surface area contributed by atoms with Crippen molar-refractivity contribution in [2.45, 2.75) is 51.7 Å². The van der Waals surface area contributed by atoms with Crippen LogP contribution in [-0.4, -0.2) is 52.3 Å². The van der Waals surface area contributed by atoms with E-state index in [4.69, 9.17) is 5.11 Å². The quantitative estimate of drug-likeness (QED) is 0.713. The average Bonchev–Trinajstić information content (AvgIpc) is 2.59. The Labute approximate surface area is 113 Å². The topological polar surface area (TPSA) is 89.9 Å². The predicted octanol–water partition coefficient (Wildman–Crippen LogP) is 1.04. The maximum atomic E-state index is 12.0. The first-order valence-electron chi connectivity index (χ1n) is 6.92. The summed E-state index contributed by atoms with van der Waals surface area (Å²) in [5.41, 5.74) is 0. The number of carboxylic acid groups (broad SMARTS) is 1. The second-order valence-electron chi connectivity index (χ2n) is 5.20. The number of urea groups is 1. The number of aliphatic carboxylic acids is 1. The SMILES string of the molecule is CCC1CCCN(C(=O)N[C@H](C(=O)O)[C@@H](C)O)CC1. The molecule has 2 amide bonds. The van der Waals surface area contributed by atoms with Crippen LogP contribution in [0.3, 0.4) is 0 Å². The third-order valence-electron chi connectivity index (χ3n) is 3.74. The summed E-state index contributed by atoms with van der Waals surface area (Å²) in [4.78, 5) is 24.6. The second kappa shape index (κ2) is 7.33. The summed E-state index contributed by atoms with van der Waals surface area (Å²) in [5, 5.41) is 20.7. The van der Waals surface area contributed by atoms with Crippen molar-refractivity contribution in [1.29, 1.82) is 0 Å². The van der Waals surface area contributed by atoms with Crippen molar-refractivity contribution in [1.82, 2.24) is 10.2 Å². The molecule has 0 aromatic rings. The number of hydrogen-bond acceptors (Lipinski definition) is 3. The molecule has 19 heavy (non-hydrogen) atoms. The van der Waals surface area contributed by atoms with Crippen molar-refractivity contribution in [3.05, 3.63) is 0 Å². The number of aliphatic hydroxyl groups excluding tert-OH is 1. The molecule has 1 rings (SSSR count). The first-order valence-corrected chi connectivity index (χ1v) is 6.92. The third kappa shape index (κ3) is 4.70. The van der Waals surface area contributed by atoms with Crippen molar-refractivity contribution in [2.75, 3.05) is 13.1 Å². The zero-order chi connectivity index (χ0) is 14.4. The maximum absolute atomic E-state index is 12.0. The smallest absolute Gasteiger partial charge is 0.328 e. The van der Waals surface area contributed by atoms with Gasteiger partial charge in [-0.2, -0.15) is 0 Å². The molecule has 1 unspecified atom stereocenters. The van der Waals surface area contributed by atoms with E-state index in [1.165, 1.54) is 6.92 Å². The molecule has 3 N–H and O–H groups in total. The Bertz CT molecular complexity index is 320. The molecule has 6 heteroatoms. The van der Waals surface area contributed by atoms with Gasteiger partial charge in [-0.1, -0.05) is 13.3 Å². The van der Waals surface area contributed by atoms with E-state index in [0.29, 0.717) is 19.0 Å². The summed E-state index contributed by atoms with van der Waals surface area (Å²) >= 11 is 0. The second-order valence-corrected chi connectivity index (χ2v) is 5.20. The van der Waals surface area contributed by atoms with Gasteiger partial charge >= 0.3 is 12.0 Å². The highest BCUT2D eigenvalue weighted by Gasteiger charge is 2.28. The fourth-order valence-electron chi connectivity index (χ4n) is 2.39. The Morgan fingerprint density at radius 3 is 2.58 bits per heavy atom. The van der Waals surface area contributed by atoms with Gasteiger partial charge in [0.1, 0.15) is 0 Å². The summed E-state index contributed by atoms with van der Waals surface area (Å²) in [6.45, 7) is 4.80. The molecule has 0 bridgehead atoms. The predicted molar refractivity (Wildman–Crippen MR) is 70.8 cm³/mol. The zero-order valence-electron chi connectivity index (χ0n) is 11.6. The summed E-state index contributed by atoms with van der Waals surface area (Å²) in [5.74, 6) is -0.575. The van der Waals surface area contributed by atoms with Crippen molar-refractivity contribution < 1.29 is 19.8 Å². The molecule has 0 aromatic carbocycles. The number of carbonyl (C=O) groups is 2. The third-order valence-corrected chi connectivity index (χ3v) is 3.74. The zero-order valence-corrected chi connectivity index (χ0v) is 11.6. The minimum atomic E-state index is -1.25. The van der Waals surface area contributed by atoms with Crippen LogP contribution in [-0.2, 0) is 4.79 Å². The van der Waals surface area contributed by atoms with Gasteiger partial charge in [0.05, 0.1) is 6.10 Å². The van der Waals surface area contributed by atoms with Crippen LogP contribution < -0.4 is 5.32 Å². The van der Waals surface area contributed by atoms with Crippen LogP contribution in [0.25, 0.3) is 0 Å². The molecule has 110 valence electrons. The van der Waals surface area contributed by atoms with Gasteiger partial charge in [-0.05, 0) is 32.1 Å². The Balaban J connectivity index is 2.55. The van der Waals surface area contributed by atoms with Crippen molar-refractivity contribution in [3.8, 4) is 0 Å². The van der Waals surface area contributed by atoms with Gasteiger partial charge in [0, 0.05) is 13.1 Å². The molecular weight excluding hydrogens is 248 g/mol. The van der Waals surface area contributed by atoms with Gasteiger partial charge < -0.3 is 20.4 Å². The summed E-state index contributed by atoms with van der Waals surface area (Å²) < 4.78 is 0. The van der Waals surface area contributed by atoms with E-state index >= 15 is 0 Å². The highest BCUT2D eigenvalue weighted by molar-refractivity contribution is 5.83. The lowest BCUT2D eigenvalue weighted by Crippen LogP contribution is -2.52. The highest BCUT2D eigenvalue weighted by Crippen LogP contribution is 2.20. The van der Waals surface area contributed by atoms with Gasteiger partial charge in [0.25, 0.3) is 0 Å². The summed E-state index contributed by atoms with van der Waals surface area (Å²) in [7, 11) is 0. The molecule has 0 spiro atoms. The number of hydrogen-bond donors (Lipinski definition) is 3. The Kier molecular flexibility index (Phi) is 6.08. The minimum Gasteiger partial charge on any atom is -0.480 e. The number of nitrogens with one attached hydrogen (secondary N) is 1. The van der Waals surface area contributed by atoms with Crippen LogP contribution in [0.15, 0.2) is 0 Å². The molecule has 6 nitrogen and oxygen atoms in total. The molecule has 1 aliphatic heterocycles. The molecule has 1 aliphatic rings. The first kappa shape index (κ1) is 15.8. The highest BCUT2D eigenvalue weighted by atomic mass is 16.4. The number of likely N-dealkylation sites (tertiary alicyclic amines) is 1. The number of carboxylic acids is 1. The van der Waals surface area contributed by atoms with E-state index in [2.05, 4.69) is 12.2 Å².